The molecule has 0 saturated heterocycles. The number of guanidine groups is 1. The van der Waals surface area contributed by atoms with Gasteiger partial charge in [-0.05, 0) is 37.1 Å². The van der Waals surface area contributed by atoms with Crippen LogP contribution < -0.4 is 15.4 Å². The summed E-state index contributed by atoms with van der Waals surface area (Å²) in [6.07, 6.45) is 3.21. The van der Waals surface area contributed by atoms with E-state index < -0.39 is 17.5 Å². The van der Waals surface area contributed by atoms with Crippen LogP contribution in [0.3, 0.4) is 0 Å². The Kier molecular flexibility index (Phi) is 10.9. The predicted molar refractivity (Wildman–Crippen MR) is 146 cm³/mol. The molecule has 0 fully saturated rings. The first-order chi connectivity index (χ1) is 17.7. The first-order valence-electron chi connectivity index (χ1n) is 10.8. The monoisotopic (exact) mass is 678 g/mol. The topological polar surface area (TPSA) is 102 Å². The summed E-state index contributed by atoms with van der Waals surface area (Å²) in [5, 5.41) is 22.2. The lowest BCUT2D eigenvalue weighted by molar-refractivity contribution is -0.120. The molecule has 0 spiro atoms. The average molecular weight is 681 g/mol. The van der Waals surface area contributed by atoms with Gasteiger partial charge in [0, 0.05) is 17.0 Å². The second-order valence-electron chi connectivity index (χ2n) is 7.60. The van der Waals surface area contributed by atoms with Crippen molar-refractivity contribution in [3.05, 3.63) is 58.1 Å². The van der Waals surface area contributed by atoms with Crippen molar-refractivity contribution in [1.29, 1.82) is 5.26 Å². The molecule has 1 amide bonds. The molecule has 1 heterocycles. The molecule has 37 heavy (non-hydrogen) atoms. The van der Waals surface area contributed by atoms with Crippen LogP contribution in [0.2, 0.25) is 10.0 Å². The number of hydrazone groups is 1. The number of nitrogens with zero attached hydrogens (tertiary/aromatic N) is 4. The summed E-state index contributed by atoms with van der Waals surface area (Å²) in [6.45, 7) is -2.87. The summed E-state index contributed by atoms with van der Waals surface area (Å²) >= 11 is 19.1. The minimum absolute atomic E-state index is 0.0145. The highest BCUT2D eigenvalue weighted by atomic mass is 79.9. The number of nitrogens with one attached hydrogen (secondary N) is 2. The van der Waals surface area contributed by atoms with Gasteiger partial charge in [-0.3, -0.25) is 10.1 Å². The van der Waals surface area contributed by atoms with Gasteiger partial charge in [-0.15, -0.1) is 0 Å². The summed E-state index contributed by atoms with van der Waals surface area (Å²) in [6, 6.07) is 10.1. The standard InChI is InChI=1S/C23H20Br2Cl2F2N6O2/c24-8-2-5-16(25)21(36)33-19-11-35(34-20(19)13-6-7-17(26)18(27)9-13)23(31-12-30)32-14-3-1-4-15(10-14)37-22(28)29/h1,3-4,6-7,9-10,16,19,22H,2,5,8,11H2,(H,31,32)(H,33,36)/t16?,19-/m1/s1. The summed E-state index contributed by atoms with van der Waals surface area (Å²) in [4.78, 5) is 16.8. The Hall–Kier alpha value is -2.46. The lowest BCUT2D eigenvalue weighted by Crippen LogP contribution is -2.47. The molecule has 0 radical (unpaired) electrons. The molecule has 2 aromatic rings. The SMILES string of the molecule is N#CNC(=Nc1cccc(OC(F)F)c1)N1C[C@@H](NC(=O)C(Br)CCCBr)C(c2ccc(Cl)c(Cl)c2)=N1. The number of alkyl halides is 4. The Morgan fingerprint density at radius 3 is 2.76 bits per heavy atom. The van der Waals surface area contributed by atoms with E-state index in [1.54, 1.807) is 30.5 Å². The van der Waals surface area contributed by atoms with Crippen molar-refractivity contribution in [1.82, 2.24) is 15.6 Å². The quantitative estimate of drug-likeness (QED) is 0.115. The van der Waals surface area contributed by atoms with Gasteiger partial charge in [0.15, 0.2) is 6.19 Å². The fourth-order valence-electron chi connectivity index (χ4n) is 3.36. The van der Waals surface area contributed by atoms with Crippen LogP contribution in [0.15, 0.2) is 52.6 Å². The Morgan fingerprint density at radius 2 is 2.08 bits per heavy atom. The predicted octanol–water partition coefficient (Wildman–Crippen LogP) is 5.80. The highest BCUT2D eigenvalue weighted by molar-refractivity contribution is 9.10. The maximum Gasteiger partial charge on any atom is 0.387 e. The minimum atomic E-state index is -3.00. The van der Waals surface area contributed by atoms with Crippen LogP contribution in [0, 0.1) is 11.5 Å². The normalized spacial score (nSPS) is 16.3. The lowest BCUT2D eigenvalue weighted by Gasteiger charge is -2.19. The Labute approximate surface area is 238 Å². The van der Waals surface area contributed by atoms with Gasteiger partial charge in [-0.2, -0.15) is 19.1 Å². The number of ether oxygens (including phenoxy) is 1. The van der Waals surface area contributed by atoms with Gasteiger partial charge in [0.05, 0.1) is 38.9 Å². The highest BCUT2D eigenvalue weighted by Crippen LogP contribution is 2.26. The van der Waals surface area contributed by atoms with Crippen LogP contribution in [-0.4, -0.2) is 51.9 Å². The molecule has 2 atom stereocenters. The van der Waals surface area contributed by atoms with Crippen LogP contribution in [0.5, 0.6) is 5.75 Å². The molecule has 1 aliphatic rings. The molecule has 1 aliphatic heterocycles. The number of rotatable bonds is 9. The second kappa shape index (κ2) is 13.9. The number of hydrogen-bond donors (Lipinski definition) is 2. The number of halogens is 6. The summed E-state index contributed by atoms with van der Waals surface area (Å²) < 4.78 is 29.6. The van der Waals surface area contributed by atoms with Gasteiger partial charge in [0.1, 0.15) is 5.75 Å². The number of carbonyl (C=O) groups is 1. The Bertz CT molecular complexity index is 1230. The zero-order valence-corrected chi connectivity index (χ0v) is 23.7. The van der Waals surface area contributed by atoms with Crippen molar-refractivity contribution >= 4 is 78.3 Å². The Balaban J connectivity index is 1.95. The third-order valence-electron chi connectivity index (χ3n) is 5.01. The largest absolute Gasteiger partial charge is 0.435 e. The van der Waals surface area contributed by atoms with E-state index in [-0.39, 0.29) is 29.8 Å². The van der Waals surface area contributed by atoms with E-state index in [1.165, 1.54) is 23.2 Å². The van der Waals surface area contributed by atoms with Crippen molar-refractivity contribution in [2.75, 3.05) is 11.9 Å². The molecule has 2 N–H and O–H groups in total. The van der Waals surface area contributed by atoms with Crippen LogP contribution in [0.4, 0.5) is 14.5 Å². The third-order valence-corrected chi connectivity index (χ3v) is 7.18. The maximum absolute atomic E-state index is 12.9. The molecule has 14 heteroatoms. The number of nitriles is 1. The van der Waals surface area contributed by atoms with Crippen molar-refractivity contribution in [3.8, 4) is 11.9 Å². The van der Waals surface area contributed by atoms with Gasteiger partial charge >= 0.3 is 6.61 Å². The van der Waals surface area contributed by atoms with E-state index in [0.717, 1.165) is 11.8 Å². The molecule has 0 aromatic heterocycles. The molecule has 8 nitrogen and oxygen atoms in total. The van der Waals surface area contributed by atoms with Gasteiger partial charge < -0.3 is 10.1 Å². The molecule has 1 unspecified atom stereocenters. The van der Waals surface area contributed by atoms with Crippen molar-refractivity contribution in [3.63, 3.8) is 0 Å². The molecule has 3 rings (SSSR count). The van der Waals surface area contributed by atoms with Gasteiger partial charge in [0.2, 0.25) is 11.9 Å². The summed E-state index contributed by atoms with van der Waals surface area (Å²) in [5.74, 6) is -0.309. The van der Waals surface area contributed by atoms with E-state index in [1.807, 2.05) is 0 Å². The van der Waals surface area contributed by atoms with Crippen molar-refractivity contribution in [2.45, 2.75) is 30.3 Å². The van der Waals surface area contributed by atoms with Crippen LogP contribution in [-0.2, 0) is 4.79 Å². The fraction of sp³-hybridized carbons (Fsp3) is 0.304. The zero-order valence-electron chi connectivity index (χ0n) is 19.0. The van der Waals surface area contributed by atoms with Crippen LogP contribution in [0.25, 0.3) is 0 Å². The number of hydrogen-bond acceptors (Lipinski definition) is 5. The van der Waals surface area contributed by atoms with Crippen LogP contribution >= 0.6 is 55.1 Å². The van der Waals surface area contributed by atoms with E-state index in [9.17, 15) is 18.8 Å². The molecule has 0 aliphatic carbocycles. The number of aliphatic imine (C=N–C) groups is 1. The highest BCUT2D eigenvalue weighted by Gasteiger charge is 2.33. The summed E-state index contributed by atoms with van der Waals surface area (Å²) in [7, 11) is 0. The molecular formula is C23H20Br2Cl2F2N6O2. The number of benzene rings is 2. The molecule has 2 aromatic carbocycles. The molecular weight excluding hydrogens is 661 g/mol. The maximum atomic E-state index is 12.9. The second-order valence-corrected chi connectivity index (χ2v) is 10.3. The first-order valence-corrected chi connectivity index (χ1v) is 13.6. The van der Waals surface area contributed by atoms with E-state index in [2.05, 4.69) is 57.3 Å². The smallest absolute Gasteiger partial charge is 0.387 e. The van der Waals surface area contributed by atoms with Gasteiger partial charge in [-0.25, -0.2) is 10.0 Å². The zero-order chi connectivity index (χ0) is 26.9. The van der Waals surface area contributed by atoms with Gasteiger partial charge in [-0.1, -0.05) is 67.2 Å². The van der Waals surface area contributed by atoms with E-state index in [4.69, 9.17) is 23.2 Å². The van der Waals surface area contributed by atoms with Crippen molar-refractivity contribution < 1.29 is 18.3 Å². The van der Waals surface area contributed by atoms with Crippen molar-refractivity contribution in [2.24, 2.45) is 10.1 Å². The Morgan fingerprint density at radius 1 is 1.30 bits per heavy atom. The van der Waals surface area contributed by atoms with Gasteiger partial charge in [0.25, 0.3) is 0 Å². The molecule has 196 valence electrons. The number of amides is 1. The minimum Gasteiger partial charge on any atom is -0.435 e. The third kappa shape index (κ3) is 8.26. The molecule has 0 saturated carbocycles. The van der Waals surface area contributed by atoms with E-state index in [0.29, 0.717) is 27.7 Å². The van der Waals surface area contributed by atoms with Crippen LogP contribution in [0.1, 0.15) is 18.4 Å². The molecule has 0 bridgehead atoms. The first kappa shape index (κ1) is 29.1. The fourth-order valence-corrected chi connectivity index (χ4v) is 4.44. The van der Waals surface area contributed by atoms with E-state index >= 15 is 0 Å². The average Bonchev–Trinajstić information content (AvgIpc) is 3.27. The summed E-state index contributed by atoms with van der Waals surface area (Å²) in [5.41, 5.74) is 1.32. The lowest BCUT2D eigenvalue weighted by atomic mass is 10.0. The number of carbonyl (C=O) groups excluding carboxylic acids is 1.